The number of anilines is 2. The topological polar surface area (TPSA) is 310 Å². The van der Waals surface area contributed by atoms with Gasteiger partial charge in [0.15, 0.2) is 35.4 Å². The van der Waals surface area contributed by atoms with E-state index in [1.807, 2.05) is 0 Å². The lowest BCUT2D eigenvalue weighted by atomic mass is 10.1. The summed E-state index contributed by atoms with van der Waals surface area (Å²) < 4.78 is 61.2. The second kappa shape index (κ2) is 10.7. The van der Waals surface area contributed by atoms with Crippen LogP contribution < -0.4 is 11.5 Å². The zero-order valence-electron chi connectivity index (χ0n) is 22.0. The maximum absolute atomic E-state index is 13.1. The van der Waals surface area contributed by atoms with Crippen molar-refractivity contribution in [1.29, 1.82) is 0 Å². The molecule has 3 fully saturated rings. The molecular weight excluding hydrogens is 634 g/mol. The van der Waals surface area contributed by atoms with Gasteiger partial charge in [0.05, 0.1) is 25.9 Å². The van der Waals surface area contributed by atoms with E-state index in [4.69, 9.17) is 39.0 Å². The molecule has 7 heterocycles. The number of nitrogens with zero attached hydrogens (tertiary/aromatic N) is 8. The minimum Gasteiger partial charge on any atom is -0.386 e. The molecule has 4 aromatic rings. The van der Waals surface area contributed by atoms with Crippen molar-refractivity contribution < 1.29 is 56.7 Å². The zero-order valence-corrected chi connectivity index (χ0v) is 23.8. The molecule has 0 saturated carbocycles. The SMILES string of the molecule is Nc1ncnc2c1ncn2C1OC2COP(=O)(O)O[C@@H]3C(O)C(n4cnc5c(N)ncnc54)O[C@@H]3COP(=O)(O)O[C@@H]2C1O. The van der Waals surface area contributed by atoms with Crippen molar-refractivity contribution in [3.8, 4) is 0 Å². The molecule has 0 aliphatic carbocycles. The van der Waals surface area contributed by atoms with Crippen LogP contribution in [0.4, 0.5) is 11.6 Å². The van der Waals surface area contributed by atoms with Gasteiger partial charge in [-0.05, 0) is 0 Å². The van der Waals surface area contributed by atoms with Crippen molar-refractivity contribution >= 4 is 49.6 Å². The normalized spacial score (nSPS) is 38.3. The average Bonchev–Trinajstić information content (AvgIpc) is 3.73. The minimum absolute atomic E-state index is 0.0507. The molecule has 7 unspecified atom stereocenters. The first-order valence-electron chi connectivity index (χ1n) is 12.8. The highest BCUT2D eigenvalue weighted by atomic mass is 31.2. The Hall–Kier alpha value is -3.24. The fraction of sp³-hybridized carbons (Fsp3) is 0.500. The molecule has 7 rings (SSSR count). The molecule has 3 aliphatic heterocycles. The van der Waals surface area contributed by atoms with Gasteiger partial charge in [-0.15, -0.1) is 0 Å². The summed E-state index contributed by atoms with van der Waals surface area (Å²) in [6.07, 6.45) is -7.30. The predicted molar refractivity (Wildman–Crippen MR) is 141 cm³/mol. The number of phosphoric acid groups is 2. The number of fused-ring (bicyclic) bond motifs is 4. The number of nitrogens with two attached hydrogens (primary N) is 2. The van der Waals surface area contributed by atoms with Crippen LogP contribution >= 0.6 is 15.6 Å². The highest BCUT2D eigenvalue weighted by Crippen LogP contribution is 2.53. The van der Waals surface area contributed by atoms with Crippen LogP contribution in [0, 0.1) is 0 Å². The number of hydrogen-bond donors (Lipinski definition) is 6. The Kier molecular flexibility index (Phi) is 7.16. The van der Waals surface area contributed by atoms with Gasteiger partial charge in [0.2, 0.25) is 0 Å². The number of aliphatic hydroxyl groups is 2. The van der Waals surface area contributed by atoms with Crippen LogP contribution in [0.5, 0.6) is 0 Å². The molecule has 4 aromatic heterocycles. The lowest BCUT2D eigenvalue weighted by Gasteiger charge is -2.27. The number of hydrogen-bond acceptors (Lipinski definition) is 18. The quantitative estimate of drug-likeness (QED) is 0.132. The van der Waals surface area contributed by atoms with E-state index < -0.39 is 77.9 Å². The molecule has 3 saturated heterocycles. The molecule has 0 bridgehead atoms. The smallest absolute Gasteiger partial charge is 0.386 e. The molecule has 236 valence electrons. The first kappa shape index (κ1) is 29.5. The molecule has 24 heteroatoms. The van der Waals surface area contributed by atoms with Crippen LogP contribution in [0.3, 0.4) is 0 Å². The summed E-state index contributed by atoms with van der Waals surface area (Å²) in [5.41, 5.74) is 12.4. The van der Waals surface area contributed by atoms with Gasteiger partial charge >= 0.3 is 15.6 Å². The van der Waals surface area contributed by atoms with Crippen LogP contribution in [0.25, 0.3) is 22.3 Å². The van der Waals surface area contributed by atoms with Gasteiger partial charge in [-0.2, -0.15) is 0 Å². The summed E-state index contributed by atoms with van der Waals surface area (Å²) in [6, 6.07) is 0. The summed E-state index contributed by atoms with van der Waals surface area (Å²) in [6.45, 7) is -1.56. The van der Waals surface area contributed by atoms with Gasteiger partial charge in [-0.1, -0.05) is 0 Å². The lowest BCUT2D eigenvalue weighted by Crippen LogP contribution is -2.39. The maximum atomic E-state index is 13.1. The van der Waals surface area contributed by atoms with Crippen LogP contribution in [0.15, 0.2) is 25.3 Å². The molecule has 0 amide bonds. The summed E-state index contributed by atoms with van der Waals surface area (Å²) >= 11 is 0. The van der Waals surface area contributed by atoms with E-state index in [1.54, 1.807) is 0 Å². The predicted octanol–water partition coefficient (Wildman–Crippen LogP) is -1.63. The van der Waals surface area contributed by atoms with Crippen molar-refractivity contribution in [1.82, 2.24) is 39.0 Å². The van der Waals surface area contributed by atoms with Gasteiger partial charge in [0.25, 0.3) is 0 Å². The van der Waals surface area contributed by atoms with E-state index in [-0.39, 0.29) is 34.0 Å². The van der Waals surface area contributed by atoms with Crippen LogP contribution in [0.1, 0.15) is 12.5 Å². The fourth-order valence-electron chi connectivity index (χ4n) is 5.24. The third-order valence-electron chi connectivity index (χ3n) is 7.26. The molecule has 8 N–H and O–H groups in total. The van der Waals surface area contributed by atoms with Crippen LogP contribution in [-0.2, 0) is 36.7 Å². The second-order valence-electron chi connectivity index (χ2n) is 9.95. The Labute approximate surface area is 244 Å². The molecule has 10 atom stereocenters. The highest BCUT2D eigenvalue weighted by Gasteiger charge is 2.54. The lowest BCUT2D eigenvalue weighted by molar-refractivity contribution is -0.0664. The third kappa shape index (κ3) is 5.04. The molecule has 0 radical (unpaired) electrons. The number of nitrogen functional groups attached to an aromatic ring is 2. The zero-order chi connectivity index (χ0) is 31.0. The monoisotopic (exact) mass is 658 g/mol. The van der Waals surface area contributed by atoms with Gasteiger partial charge in [-0.3, -0.25) is 27.2 Å². The van der Waals surface area contributed by atoms with E-state index in [9.17, 15) is 29.1 Å². The standard InChI is InChI=1S/C20H24N10O12P2/c21-15-9-17(25-3-23-15)29(5-27-9)19-11(31)13-7(39-19)1-37-43(33,34)42-14-8(2-38-44(35,36)41-13)40-20(12(14)32)30-6-28-10-16(22)24-4-26-18(10)30/h3-8,11-14,19-20,31-32H,1-2H2,(H,33,34)(H,35,36)(H2,21,23,25)(H2,22,24,26)/t7-,8?,11?,12?,13+,14+,19?,20?/m1/s1. The van der Waals surface area contributed by atoms with Crippen LogP contribution in [-0.4, -0.2) is 109 Å². The van der Waals surface area contributed by atoms with Crippen molar-refractivity contribution in [2.24, 2.45) is 0 Å². The Bertz CT molecular complexity index is 1690. The number of aromatic nitrogens is 8. The minimum atomic E-state index is -5.00. The summed E-state index contributed by atoms with van der Waals surface area (Å²) in [4.78, 5) is 45.3. The summed E-state index contributed by atoms with van der Waals surface area (Å²) in [5.74, 6) is 0.101. The van der Waals surface area contributed by atoms with E-state index in [0.717, 1.165) is 12.7 Å². The number of rotatable bonds is 2. The number of phosphoric ester groups is 2. The Balaban J connectivity index is 1.17. The second-order valence-corrected chi connectivity index (χ2v) is 12.8. The van der Waals surface area contributed by atoms with E-state index in [1.165, 1.54) is 21.8 Å². The molecule has 0 aromatic carbocycles. The number of imidazole rings is 2. The Morgan fingerprint density at radius 3 is 1.52 bits per heavy atom. The van der Waals surface area contributed by atoms with E-state index in [2.05, 4.69) is 29.9 Å². The molecule has 3 aliphatic rings. The average molecular weight is 658 g/mol. The van der Waals surface area contributed by atoms with Crippen molar-refractivity contribution in [3.63, 3.8) is 0 Å². The fourth-order valence-corrected chi connectivity index (χ4v) is 7.17. The van der Waals surface area contributed by atoms with E-state index in [0.29, 0.717) is 0 Å². The Morgan fingerprint density at radius 2 is 1.11 bits per heavy atom. The van der Waals surface area contributed by atoms with Gasteiger partial charge in [-0.25, -0.2) is 39.0 Å². The molecule has 44 heavy (non-hydrogen) atoms. The third-order valence-corrected chi connectivity index (χ3v) is 9.23. The Morgan fingerprint density at radius 1 is 0.705 bits per heavy atom. The van der Waals surface area contributed by atoms with E-state index >= 15 is 0 Å². The first-order valence-corrected chi connectivity index (χ1v) is 15.8. The van der Waals surface area contributed by atoms with Crippen molar-refractivity contribution in [3.05, 3.63) is 25.3 Å². The first-order chi connectivity index (χ1) is 20.9. The van der Waals surface area contributed by atoms with Crippen LogP contribution in [0.2, 0.25) is 0 Å². The van der Waals surface area contributed by atoms with Gasteiger partial charge < -0.3 is 40.9 Å². The number of ether oxygens (including phenoxy) is 2. The maximum Gasteiger partial charge on any atom is 0.472 e. The number of aliphatic hydroxyl groups excluding tert-OH is 2. The van der Waals surface area contributed by atoms with Gasteiger partial charge in [0.1, 0.15) is 60.3 Å². The van der Waals surface area contributed by atoms with Gasteiger partial charge in [0, 0.05) is 0 Å². The summed E-state index contributed by atoms with van der Waals surface area (Å²) in [5, 5.41) is 22.2. The molecule has 22 nitrogen and oxygen atoms in total. The largest absolute Gasteiger partial charge is 0.472 e. The van der Waals surface area contributed by atoms with Crippen molar-refractivity contribution in [2.75, 3.05) is 24.7 Å². The molecular formula is C20H24N10O12P2. The molecule has 0 spiro atoms. The highest BCUT2D eigenvalue weighted by molar-refractivity contribution is 7.47. The summed E-state index contributed by atoms with van der Waals surface area (Å²) in [7, 11) is -10.0. The van der Waals surface area contributed by atoms with Crippen molar-refractivity contribution in [2.45, 2.75) is 49.1 Å².